The largest absolute Gasteiger partial charge is 0.494 e. The van der Waals surface area contributed by atoms with Gasteiger partial charge < -0.3 is 10.1 Å². The lowest BCUT2D eigenvalue weighted by Crippen LogP contribution is -2.22. The van der Waals surface area contributed by atoms with Gasteiger partial charge in [-0.3, -0.25) is 4.98 Å². The molecule has 20 heavy (non-hydrogen) atoms. The van der Waals surface area contributed by atoms with Gasteiger partial charge in [-0.15, -0.1) is 0 Å². The van der Waals surface area contributed by atoms with Crippen LogP contribution in [-0.2, 0) is 0 Å². The Morgan fingerprint density at radius 1 is 1.20 bits per heavy atom. The molecule has 0 aliphatic heterocycles. The first-order valence-corrected chi connectivity index (χ1v) is 6.78. The van der Waals surface area contributed by atoms with Gasteiger partial charge in [-0.25, -0.2) is 4.39 Å². The van der Waals surface area contributed by atoms with E-state index in [1.807, 2.05) is 37.3 Å². The van der Waals surface area contributed by atoms with Crippen molar-refractivity contribution in [2.45, 2.75) is 19.4 Å². The number of hydrogen-bond donors (Lipinski definition) is 1. The molecule has 0 saturated heterocycles. The summed E-state index contributed by atoms with van der Waals surface area (Å²) >= 11 is 0. The van der Waals surface area contributed by atoms with Crippen LogP contribution in [0.25, 0.3) is 0 Å². The van der Waals surface area contributed by atoms with Crippen molar-refractivity contribution in [3.05, 3.63) is 60.2 Å². The van der Waals surface area contributed by atoms with E-state index in [1.165, 1.54) is 12.3 Å². The van der Waals surface area contributed by atoms with Crippen LogP contribution in [0.3, 0.4) is 0 Å². The van der Waals surface area contributed by atoms with Gasteiger partial charge in [0.2, 0.25) is 0 Å². The van der Waals surface area contributed by atoms with E-state index in [2.05, 4.69) is 10.3 Å². The zero-order chi connectivity index (χ0) is 14.2. The Morgan fingerprint density at radius 3 is 2.70 bits per heavy atom. The fourth-order valence-electron chi connectivity index (χ4n) is 1.85. The Balaban J connectivity index is 1.64. The van der Waals surface area contributed by atoms with Crippen molar-refractivity contribution < 1.29 is 9.13 Å². The average molecular weight is 274 g/mol. The van der Waals surface area contributed by atoms with Crippen molar-refractivity contribution in [3.63, 3.8) is 0 Å². The van der Waals surface area contributed by atoms with Gasteiger partial charge in [-0.1, -0.05) is 18.2 Å². The topological polar surface area (TPSA) is 34.1 Å². The number of nitrogens with zero attached hydrogens (tertiary/aromatic N) is 1. The second-order valence-electron chi connectivity index (χ2n) is 4.59. The Morgan fingerprint density at radius 2 is 2.00 bits per heavy atom. The third-order valence-corrected chi connectivity index (χ3v) is 2.98. The minimum atomic E-state index is -0.308. The minimum absolute atomic E-state index is 0.104. The SMILES string of the molecule is CC(NCCCOc1ccccc1)c1ccc(F)cn1. The van der Waals surface area contributed by atoms with Crippen LogP contribution >= 0.6 is 0 Å². The van der Waals surface area contributed by atoms with Crippen LogP contribution in [0, 0.1) is 5.82 Å². The maximum Gasteiger partial charge on any atom is 0.141 e. The number of para-hydroxylation sites is 1. The van der Waals surface area contributed by atoms with Crippen molar-refractivity contribution in [2.75, 3.05) is 13.2 Å². The standard InChI is InChI=1S/C16H19FN2O/c1-13(16-9-8-14(17)12-19-16)18-10-5-11-20-15-6-3-2-4-7-15/h2-4,6-9,12-13,18H,5,10-11H2,1H3. The molecule has 1 aromatic heterocycles. The van der Waals surface area contributed by atoms with E-state index in [9.17, 15) is 4.39 Å². The highest BCUT2D eigenvalue weighted by Gasteiger charge is 2.05. The molecule has 0 radical (unpaired) electrons. The van der Waals surface area contributed by atoms with E-state index in [0.717, 1.165) is 24.4 Å². The quantitative estimate of drug-likeness (QED) is 0.786. The van der Waals surface area contributed by atoms with Gasteiger partial charge >= 0.3 is 0 Å². The number of rotatable bonds is 7. The number of halogens is 1. The van der Waals surface area contributed by atoms with Gasteiger partial charge in [0.05, 0.1) is 18.5 Å². The molecule has 0 bridgehead atoms. The fourth-order valence-corrected chi connectivity index (χ4v) is 1.85. The van der Waals surface area contributed by atoms with Gasteiger partial charge in [0.25, 0.3) is 0 Å². The van der Waals surface area contributed by atoms with Crippen LogP contribution in [0.5, 0.6) is 5.75 Å². The van der Waals surface area contributed by atoms with Crippen LogP contribution in [-0.4, -0.2) is 18.1 Å². The Kier molecular flexibility index (Phi) is 5.50. The molecule has 3 nitrogen and oxygen atoms in total. The van der Waals surface area contributed by atoms with E-state index in [0.29, 0.717) is 6.61 Å². The summed E-state index contributed by atoms with van der Waals surface area (Å²) in [4.78, 5) is 4.06. The van der Waals surface area contributed by atoms with Crippen molar-refractivity contribution in [2.24, 2.45) is 0 Å². The molecule has 1 aromatic carbocycles. The highest BCUT2D eigenvalue weighted by molar-refractivity contribution is 5.20. The van der Waals surface area contributed by atoms with Crippen LogP contribution in [0.15, 0.2) is 48.7 Å². The molecule has 0 spiro atoms. The molecule has 4 heteroatoms. The summed E-state index contributed by atoms with van der Waals surface area (Å²) in [6.07, 6.45) is 2.15. The van der Waals surface area contributed by atoms with E-state index < -0.39 is 0 Å². The fraction of sp³-hybridized carbons (Fsp3) is 0.312. The smallest absolute Gasteiger partial charge is 0.141 e. The summed E-state index contributed by atoms with van der Waals surface area (Å²) in [7, 11) is 0. The van der Waals surface area contributed by atoms with E-state index >= 15 is 0 Å². The van der Waals surface area contributed by atoms with E-state index in [-0.39, 0.29) is 11.9 Å². The van der Waals surface area contributed by atoms with Crippen LogP contribution in [0.4, 0.5) is 4.39 Å². The van der Waals surface area contributed by atoms with Crippen molar-refractivity contribution in [1.29, 1.82) is 0 Å². The minimum Gasteiger partial charge on any atom is -0.494 e. The molecule has 0 aliphatic rings. The molecule has 106 valence electrons. The summed E-state index contributed by atoms with van der Waals surface area (Å²) in [5.74, 6) is 0.581. The summed E-state index contributed by atoms with van der Waals surface area (Å²) < 4.78 is 18.4. The molecule has 0 saturated carbocycles. The highest BCUT2D eigenvalue weighted by Crippen LogP contribution is 2.10. The molecule has 1 unspecified atom stereocenters. The first-order chi connectivity index (χ1) is 9.75. The molecule has 0 aliphatic carbocycles. The summed E-state index contributed by atoms with van der Waals surface area (Å²) in [5.41, 5.74) is 0.843. The maximum absolute atomic E-state index is 12.8. The molecule has 0 fully saturated rings. The lowest BCUT2D eigenvalue weighted by Gasteiger charge is -2.13. The van der Waals surface area contributed by atoms with Crippen LogP contribution in [0.2, 0.25) is 0 Å². The lowest BCUT2D eigenvalue weighted by atomic mass is 10.2. The van der Waals surface area contributed by atoms with Crippen molar-refractivity contribution in [3.8, 4) is 5.75 Å². The van der Waals surface area contributed by atoms with Gasteiger partial charge in [0.1, 0.15) is 11.6 Å². The summed E-state index contributed by atoms with van der Waals surface area (Å²) in [6.45, 7) is 3.51. The maximum atomic E-state index is 12.8. The Hall–Kier alpha value is -1.94. The number of pyridine rings is 1. The molecular formula is C16H19FN2O. The molecule has 2 aromatic rings. The number of hydrogen-bond acceptors (Lipinski definition) is 3. The predicted molar refractivity (Wildman–Crippen MR) is 77.2 cm³/mol. The highest BCUT2D eigenvalue weighted by atomic mass is 19.1. The van der Waals surface area contributed by atoms with Crippen LogP contribution in [0.1, 0.15) is 25.1 Å². The Labute approximate surface area is 118 Å². The molecule has 1 atom stereocenters. The van der Waals surface area contributed by atoms with E-state index in [1.54, 1.807) is 6.07 Å². The second kappa shape index (κ2) is 7.60. The number of nitrogens with one attached hydrogen (secondary N) is 1. The molecular weight excluding hydrogens is 255 g/mol. The monoisotopic (exact) mass is 274 g/mol. The zero-order valence-corrected chi connectivity index (χ0v) is 11.6. The van der Waals surface area contributed by atoms with Crippen LogP contribution < -0.4 is 10.1 Å². The molecule has 2 rings (SSSR count). The molecule has 1 N–H and O–H groups in total. The van der Waals surface area contributed by atoms with Gasteiger partial charge in [0.15, 0.2) is 0 Å². The first kappa shape index (κ1) is 14.5. The number of aromatic nitrogens is 1. The van der Waals surface area contributed by atoms with Gasteiger partial charge in [-0.2, -0.15) is 0 Å². The summed E-state index contributed by atoms with van der Waals surface area (Å²) in [5, 5.41) is 3.34. The number of ether oxygens (including phenoxy) is 1. The van der Waals surface area contributed by atoms with Gasteiger partial charge in [0, 0.05) is 6.04 Å². The Bertz CT molecular complexity index is 502. The van der Waals surface area contributed by atoms with Crippen molar-refractivity contribution in [1.82, 2.24) is 10.3 Å². The molecule has 1 heterocycles. The third-order valence-electron chi connectivity index (χ3n) is 2.98. The summed E-state index contributed by atoms with van der Waals surface area (Å²) in [6, 6.07) is 13.0. The third kappa shape index (κ3) is 4.63. The van der Waals surface area contributed by atoms with Crippen molar-refractivity contribution >= 4 is 0 Å². The van der Waals surface area contributed by atoms with Gasteiger partial charge in [-0.05, 0) is 44.2 Å². The normalized spacial score (nSPS) is 12.1. The average Bonchev–Trinajstić information content (AvgIpc) is 2.48. The number of benzene rings is 1. The van der Waals surface area contributed by atoms with E-state index in [4.69, 9.17) is 4.74 Å². The molecule has 0 amide bonds. The first-order valence-electron chi connectivity index (χ1n) is 6.78. The second-order valence-corrected chi connectivity index (χ2v) is 4.59. The predicted octanol–water partition coefficient (Wildman–Crippen LogP) is 3.34. The zero-order valence-electron chi connectivity index (χ0n) is 11.6. The lowest BCUT2D eigenvalue weighted by molar-refractivity contribution is 0.305.